The van der Waals surface area contributed by atoms with Gasteiger partial charge in [-0.2, -0.15) is 0 Å². The number of nitrogens with zero attached hydrogens (tertiary/aromatic N) is 2. The number of nitrogen functional groups attached to an aromatic ring is 1. The minimum Gasteiger partial charge on any atom is -0.396 e. The Morgan fingerprint density at radius 2 is 2.18 bits per heavy atom. The smallest absolute Gasteiger partial charge is 0.0741 e. The summed E-state index contributed by atoms with van der Waals surface area (Å²) in [5.74, 6) is 0. The van der Waals surface area contributed by atoms with Crippen LogP contribution in [0.1, 0.15) is 13.3 Å². The average molecular weight is 254 g/mol. The third-order valence-electron chi connectivity index (χ3n) is 3.62. The molecule has 0 spiro atoms. The molecule has 1 aromatic carbocycles. The molecule has 0 bridgehead atoms. The Kier molecular flexibility index (Phi) is 3.79. The summed E-state index contributed by atoms with van der Waals surface area (Å²) in [4.78, 5) is 4.76. The monoisotopic (exact) mass is 253 g/mol. The standard InChI is InChI=1S/C13H20ClN3/c1-3-10-9-17(8-7-16(10)2)12-6-4-5-11(14)13(12)15/h4-6,10H,3,7-9,15H2,1-2H3. The third kappa shape index (κ3) is 2.50. The number of hydrogen-bond acceptors (Lipinski definition) is 3. The van der Waals surface area contributed by atoms with Crippen molar-refractivity contribution in [3.63, 3.8) is 0 Å². The summed E-state index contributed by atoms with van der Waals surface area (Å²) >= 11 is 6.07. The second kappa shape index (κ2) is 5.15. The van der Waals surface area contributed by atoms with E-state index < -0.39 is 0 Å². The van der Waals surface area contributed by atoms with E-state index in [2.05, 4.69) is 29.8 Å². The number of likely N-dealkylation sites (N-methyl/N-ethyl adjacent to an activating group) is 1. The fourth-order valence-corrected chi connectivity index (χ4v) is 2.58. The lowest BCUT2D eigenvalue weighted by molar-refractivity contribution is 0.213. The van der Waals surface area contributed by atoms with E-state index in [1.807, 2.05) is 12.1 Å². The normalized spacial score (nSPS) is 21.8. The van der Waals surface area contributed by atoms with E-state index in [9.17, 15) is 0 Å². The highest BCUT2D eigenvalue weighted by Gasteiger charge is 2.24. The van der Waals surface area contributed by atoms with E-state index >= 15 is 0 Å². The van der Waals surface area contributed by atoms with Gasteiger partial charge in [-0.15, -0.1) is 0 Å². The Bertz CT molecular complexity index is 394. The number of benzene rings is 1. The van der Waals surface area contributed by atoms with Gasteiger partial charge in [0.1, 0.15) is 0 Å². The molecule has 1 fully saturated rings. The maximum absolute atomic E-state index is 6.07. The summed E-state index contributed by atoms with van der Waals surface area (Å²) < 4.78 is 0. The van der Waals surface area contributed by atoms with Gasteiger partial charge in [0.2, 0.25) is 0 Å². The van der Waals surface area contributed by atoms with E-state index in [-0.39, 0.29) is 0 Å². The highest BCUT2D eigenvalue weighted by atomic mass is 35.5. The Hall–Kier alpha value is -0.930. The van der Waals surface area contributed by atoms with Gasteiger partial charge in [0.25, 0.3) is 0 Å². The van der Waals surface area contributed by atoms with Gasteiger partial charge in [-0.3, -0.25) is 4.90 Å². The Balaban J connectivity index is 2.20. The lowest BCUT2D eigenvalue weighted by Gasteiger charge is -2.40. The molecule has 1 unspecified atom stereocenters. The number of hydrogen-bond donors (Lipinski definition) is 1. The van der Waals surface area contributed by atoms with Crippen LogP contribution in [0.4, 0.5) is 11.4 Å². The molecule has 1 heterocycles. The van der Waals surface area contributed by atoms with Crippen molar-refractivity contribution in [1.29, 1.82) is 0 Å². The molecule has 3 nitrogen and oxygen atoms in total. The summed E-state index contributed by atoms with van der Waals surface area (Å²) in [6, 6.07) is 6.46. The number of piperazine rings is 1. The molecule has 0 saturated carbocycles. The zero-order valence-corrected chi connectivity index (χ0v) is 11.2. The Morgan fingerprint density at radius 3 is 2.88 bits per heavy atom. The number of para-hydroxylation sites is 1. The first-order chi connectivity index (χ1) is 8.13. The van der Waals surface area contributed by atoms with Crippen molar-refractivity contribution in [2.45, 2.75) is 19.4 Å². The summed E-state index contributed by atoms with van der Waals surface area (Å²) in [5.41, 5.74) is 7.82. The fraction of sp³-hybridized carbons (Fsp3) is 0.538. The van der Waals surface area contributed by atoms with E-state index in [1.54, 1.807) is 0 Å². The molecule has 0 amide bonds. The van der Waals surface area contributed by atoms with Gasteiger partial charge in [0.05, 0.1) is 16.4 Å². The van der Waals surface area contributed by atoms with E-state index in [4.69, 9.17) is 17.3 Å². The van der Waals surface area contributed by atoms with Crippen molar-refractivity contribution in [3.05, 3.63) is 23.2 Å². The minimum atomic E-state index is 0.599. The summed E-state index contributed by atoms with van der Waals surface area (Å²) in [6.45, 7) is 5.34. The SMILES string of the molecule is CCC1CN(c2cccc(Cl)c2N)CCN1C. The van der Waals surface area contributed by atoms with Crippen LogP contribution in [0.3, 0.4) is 0 Å². The van der Waals surface area contributed by atoms with Gasteiger partial charge in [0, 0.05) is 25.7 Å². The molecule has 94 valence electrons. The minimum absolute atomic E-state index is 0.599. The molecule has 4 heteroatoms. The first kappa shape index (κ1) is 12.5. The molecule has 1 saturated heterocycles. The summed E-state index contributed by atoms with van der Waals surface area (Å²) in [6.07, 6.45) is 1.16. The number of nitrogens with two attached hydrogens (primary N) is 1. The van der Waals surface area contributed by atoms with Crippen LogP contribution in [-0.2, 0) is 0 Å². The molecule has 17 heavy (non-hydrogen) atoms. The lowest BCUT2D eigenvalue weighted by Crippen LogP contribution is -2.51. The quantitative estimate of drug-likeness (QED) is 0.822. The van der Waals surface area contributed by atoms with E-state index in [0.717, 1.165) is 31.7 Å². The first-order valence-electron chi connectivity index (χ1n) is 6.12. The molecular weight excluding hydrogens is 234 g/mol. The maximum atomic E-state index is 6.07. The molecule has 0 radical (unpaired) electrons. The third-order valence-corrected chi connectivity index (χ3v) is 3.95. The average Bonchev–Trinajstić information content (AvgIpc) is 2.34. The van der Waals surface area contributed by atoms with Crippen LogP contribution in [0, 0.1) is 0 Å². The molecule has 2 rings (SSSR count). The molecule has 0 aliphatic carbocycles. The van der Waals surface area contributed by atoms with Crippen LogP contribution in [0.15, 0.2) is 18.2 Å². The zero-order chi connectivity index (χ0) is 12.4. The molecular formula is C13H20ClN3. The van der Waals surface area contributed by atoms with Crippen LogP contribution < -0.4 is 10.6 Å². The summed E-state index contributed by atoms with van der Waals surface area (Å²) in [7, 11) is 2.19. The second-order valence-corrected chi connectivity index (χ2v) is 5.07. The van der Waals surface area contributed by atoms with Gasteiger partial charge in [-0.05, 0) is 25.6 Å². The van der Waals surface area contributed by atoms with Crippen LogP contribution in [0.25, 0.3) is 0 Å². The molecule has 2 N–H and O–H groups in total. The van der Waals surface area contributed by atoms with Crippen LogP contribution >= 0.6 is 11.6 Å². The van der Waals surface area contributed by atoms with Gasteiger partial charge in [-0.25, -0.2) is 0 Å². The van der Waals surface area contributed by atoms with Crippen molar-refractivity contribution < 1.29 is 0 Å². The van der Waals surface area contributed by atoms with Crippen molar-refractivity contribution in [3.8, 4) is 0 Å². The predicted octanol–water partition coefficient (Wildman–Crippen LogP) is 2.45. The number of halogens is 1. The number of anilines is 2. The van der Waals surface area contributed by atoms with Gasteiger partial charge >= 0.3 is 0 Å². The highest BCUT2D eigenvalue weighted by Crippen LogP contribution is 2.31. The topological polar surface area (TPSA) is 32.5 Å². The van der Waals surface area contributed by atoms with E-state index in [0.29, 0.717) is 16.8 Å². The Morgan fingerprint density at radius 1 is 1.41 bits per heavy atom. The highest BCUT2D eigenvalue weighted by molar-refractivity contribution is 6.33. The summed E-state index contributed by atoms with van der Waals surface area (Å²) in [5, 5.41) is 0.648. The van der Waals surface area contributed by atoms with Crippen molar-refractivity contribution >= 4 is 23.0 Å². The van der Waals surface area contributed by atoms with Gasteiger partial charge in [-0.1, -0.05) is 24.6 Å². The predicted molar refractivity (Wildman–Crippen MR) is 74.8 cm³/mol. The van der Waals surface area contributed by atoms with Crippen molar-refractivity contribution in [2.24, 2.45) is 0 Å². The molecule has 1 aliphatic heterocycles. The van der Waals surface area contributed by atoms with Crippen molar-refractivity contribution in [2.75, 3.05) is 37.3 Å². The van der Waals surface area contributed by atoms with Crippen molar-refractivity contribution in [1.82, 2.24) is 4.90 Å². The number of rotatable bonds is 2. The van der Waals surface area contributed by atoms with Crippen LogP contribution in [0.2, 0.25) is 5.02 Å². The second-order valence-electron chi connectivity index (χ2n) is 4.66. The first-order valence-corrected chi connectivity index (χ1v) is 6.50. The molecule has 0 aromatic heterocycles. The van der Waals surface area contributed by atoms with Crippen LogP contribution in [-0.4, -0.2) is 37.6 Å². The molecule has 1 aliphatic rings. The van der Waals surface area contributed by atoms with Gasteiger partial charge in [0.15, 0.2) is 0 Å². The van der Waals surface area contributed by atoms with E-state index in [1.165, 1.54) is 0 Å². The Labute approximate surface area is 108 Å². The zero-order valence-electron chi connectivity index (χ0n) is 10.5. The van der Waals surface area contributed by atoms with Gasteiger partial charge < -0.3 is 10.6 Å². The molecule has 1 aromatic rings. The molecule has 1 atom stereocenters. The lowest BCUT2D eigenvalue weighted by atomic mass is 10.1. The fourth-order valence-electron chi connectivity index (χ4n) is 2.41. The van der Waals surface area contributed by atoms with Crippen LogP contribution in [0.5, 0.6) is 0 Å². The largest absolute Gasteiger partial charge is 0.396 e. The maximum Gasteiger partial charge on any atom is 0.0741 e.